The zero-order chi connectivity index (χ0) is 13.4. The Balaban J connectivity index is 2.72. The lowest BCUT2D eigenvalue weighted by Crippen LogP contribution is -2.02. The number of rotatable bonds is 1. The second-order valence-corrected chi connectivity index (χ2v) is 6.03. The number of nitrogens with two attached hydrogens (primary N) is 1. The number of halogens is 2. The van der Waals surface area contributed by atoms with E-state index in [-0.39, 0.29) is 0 Å². The summed E-state index contributed by atoms with van der Waals surface area (Å²) in [6.07, 6.45) is 0. The van der Waals surface area contributed by atoms with E-state index in [1.807, 2.05) is 36.6 Å². The average molecular weight is 416 g/mol. The van der Waals surface area contributed by atoms with Crippen molar-refractivity contribution in [3.63, 3.8) is 0 Å². The van der Waals surface area contributed by atoms with Crippen molar-refractivity contribution in [2.75, 3.05) is 5.73 Å². The van der Waals surface area contributed by atoms with Crippen molar-refractivity contribution >= 4 is 44.3 Å². The summed E-state index contributed by atoms with van der Waals surface area (Å²) in [5.41, 5.74) is 9.51. The van der Waals surface area contributed by atoms with Crippen LogP contribution in [-0.4, -0.2) is 4.57 Å². The largest absolute Gasteiger partial charge is 0.384 e. The van der Waals surface area contributed by atoms with Crippen LogP contribution in [0.2, 0.25) is 0 Å². The monoisotopic (exact) mass is 415 g/mol. The van der Waals surface area contributed by atoms with E-state index in [9.17, 15) is 0 Å². The normalized spacial score (nSPS) is 10.4. The summed E-state index contributed by atoms with van der Waals surface area (Å²) in [5.74, 6) is 0.501. The van der Waals surface area contributed by atoms with Crippen LogP contribution in [0.15, 0.2) is 22.7 Å². The first-order valence-electron chi connectivity index (χ1n) is 5.30. The van der Waals surface area contributed by atoms with Crippen molar-refractivity contribution in [2.24, 2.45) is 0 Å². The van der Waals surface area contributed by atoms with E-state index in [1.165, 1.54) is 0 Å². The van der Waals surface area contributed by atoms with E-state index in [4.69, 9.17) is 11.0 Å². The van der Waals surface area contributed by atoms with Gasteiger partial charge in [-0.05, 0) is 76.1 Å². The Morgan fingerprint density at radius 2 is 2.06 bits per heavy atom. The third-order valence-electron chi connectivity index (χ3n) is 3.02. The average Bonchev–Trinajstić information content (AvgIpc) is 2.54. The smallest absolute Gasteiger partial charge is 0.126 e. The van der Waals surface area contributed by atoms with Gasteiger partial charge in [0.25, 0.3) is 0 Å². The predicted molar refractivity (Wildman–Crippen MR) is 84.8 cm³/mol. The fourth-order valence-corrected chi connectivity index (χ4v) is 2.63. The number of hydrogen-bond acceptors (Lipinski definition) is 2. The molecule has 0 saturated heterocycles. The highest BCUT2D eigenvalue weighted by molar-refractivity contribution is 14.1. The number of hydrogen-bond donors (Lipinski definition) is 1. The fraction of sp³-hybridized carbons (Fsp3) is 0.154. The Kier molecular flexibility index (Phi) is 3.69. The predicted octanol–water partition coefficient (Wildman–Crippen LogP) is 3.92. The first-order chi connectivity index (χ1) is 8.47. The van der Waals surface area contributed by atoms with Gasteiger partial charge in [-0.3, -0.25) is 4.57 Å². The molecule has 1 aromatic carbocycles. The molecular formula is C13H11BrIN3. The van der Waals surface area contributed by atoms with Crippen LogP contribution in [0.4, 0.5) is 5.82 Å². The third kappa shape index (κ3) is 2.04. The molecule has 0 aliphatic carbocycles. The summed E-state index contributed by atoms with van der Waals surface area (Å²) in [5, 5.41) is 9.13. The molecule has 0 amide bonds. The molecule has 2 rings (SSSR count). The molecule has 0 atom stereocenters. The lowest BCUT2D eigenvalue weighted by Gasteiger charge is -2.10. The van der Waals surface area contributed by atoms with E-state index in [0.717, 1.165) is 25.0 Å². The van der Waals surface area contributed by atoms with Crippen LogP contribution >= 0.6 is 38.5 Å². The maximum atomic E-state index is 9.13. The van der Waals surface area contributed by atoms with Crippen LogP contribution in [-0.2, 0) is 0 Å². The molecule has 0 saturated carbocycles. The zero-order valence-electron chi connectivity index (χ0n) is 9.96. The standard InChI is InChI=1S/C13H11BrIN3/c1-7-8(2)18(13(17)10(7)6-16)9-3-4-12(15)11(14)5-9/h3-5H,17H2,1-2H3. The van der Waals surface area contributed by atoms with Gasteiger partial charge in [-0.15, -0.1) is 0 Å². The Hall–Kier alpha value is -1.000. The van der Waals surface area contributed by atoms with Gasteiger partial charge in [0.15, 0.2) is 0 Å². The molecule has 0 bridgehead atoms. The molecule has 0 spiro atoms. The van der Waals surface area contributed by atoms with Crippen LogP contribution in [0.3, 0.4) is 0 Å². The minimum Gasteiger partial charge on any atom is -0.384 e. The van der Waals surface area contributed by atoms with E-state index >= 15 is 0 Å². The summed E-state index contributed by atoms with van der Waals surface area (Å²) in [7, 11) is 0. The van der Waals surface area contributed by atoms with Crippen LogP contribution in [0.25, 0.3) is 5.69 Å². The zero-order valence-corrected chi connectivity index (χ0v) is 13.7. The van der Waals surface area contributed by atoms with E-state index < -0.39 is 0 Å². The maximum absolute atomic E-state index is 9.13. The molecule has 2 N–H and O–H groups in total. The van der Waals surface area contributed by atoms with Gasteiger partial charge in [0.2, 0.25) is 0 Å². The minimum absolute atomic E-state index is 0.501. The summed E-state index contributed by atoms with van der Waals surface area (Å²) >= 11 is 5.77. The molecule has 1 aromatic heterocycles. The molecule has 0 aliphatic heterocycles. The summed E-state index contributed by atoms with van der Waals surface area (Å²) in [6.45, 7) is 3.89. The van der Waals surface area contributed by atoms with Crippen molar-refractivity contribution in [1.29, 1.82) is 5.26 Å². The molecule has 3 nitrogen and oxygen atoms in total. The Morgan fingerprint density at radius 3 is 2.56 bits per heavy atom. The molecule has 1 heterocycles. The number of benzene rings is 1. The van der Waals surface area contributed by atoms with Gasteiger partial charge in [-0.2, -0.15) is 5.26 Å². The molecule has 0 aliphatic rings. The quantitative estimate of drug-likeness (QED) is 0.717. The van der Waals surface area contributed by atoms with Crippen molar-refractivity contribution in [3.8, 4) is 11.8 Å². The van der Waals surface area contributed by atoms with Gasteiger partial charge in [0.1, 0.15) is 11.9 Å². The summed E-state index contributed by atoms with van der Waals surface area (Å²) in [4.78, 5) is 0. The molecular weight excluding hydrogens is 405 g/mol. The number of nitrogen functional groups attached to an aromatic ring is 1. The molecule has 0 unspecified atom stereocenters. The lowest BCUT2D eigenvalue weighted by atomic mass is 10.2. The first-order valence-corrected chi connectivity index (χ1v) is 7.17. The van der Waals surface area contributed by atoms with Gasteiger partial charge in [0, 0.05) is 19.4 Å². The first kappa shape index (κ1) is 13.4. The Labute approximate surface area is 128 Å². The Morgan fingerprint density at radius 1 is 1.39 bits per heavy atom. The van der Waals surface area contributed by atoms with Crippen molar-refractivity contribution in [3.05, 3.63) is 43.1 Å². The van der Waals surface area contributed by atoms with E-state index in [1.54, 1.807) is 0 Å². The molecule has 0 radical (unpaired) electrons. The van der Waals surface area contributed by atoms with Gasteiger partial charge in [-0.25, -0.2) is 0 Å². The van der Waals surface area contributed by atoms with Crippen LogP contribution < -0.4 is 5.73 Å². The highest BCUT2D eigenvalue weighted by Gasteiger charge is 2.16. The molecule has 92 valence electrons. The number of nitrogens with zero attached hydrogens (tertiary/aromatic N) is 2. The lowest BCUT2D eigenvalue weighted by molar-refractivity contribution is 1.01. The van der Waals surface area contributed by atoms with Crippen LogP contribution in [0.5, 0.6) is 0 Å². The highest BCUT2D eigenvalue weighted by atomic mass is 127. The second kappa shape index (κ2) is 4.94. The maximum Gasteiger partial charge on any atom is 0.126 e. The number of nitriles is 1. The van der Waals surface area contributed by atoms with Crippen LogP contribution in [0, 0.1) is 28.7 Å². The van der Waals surface area contributed by atoms with E-state index in [2.05, 4.69) is 44.6 Å². The van der Waals surface area contributed by atoms with Gasteiger partial charge >= 0.3 is 0 Å². The highest BCUT2D eigenvalue weighted by Crippen LogP contribution is 2.30. The Bertz CT molecular complexity index is 668. The van der Waals surface area contributed by atoms with Gasteiger partial charge in [0.05, 0.1) is 5.56 Å². The van der Waals surface area contributed by atoms with Crippen molar-refractivity contribution in [1.82, 2.24) is 4.57 Å². The minimum atomic E-state index is 0.501. The topological polar surface area (TPSA) is 54.7 Å². The third-order valence-corrected chi connectivity index (χ3v) is 5.36. The molecule has 5 heteroatoms. The van der Waals surface area contributed by atoms with Crippen molar-refractivity contribution in [2.45, 2.75) is 13.8 Å². The molecule has 2 aromatic rings. The molecule has 18 heavy (non-hydrogen) atoms. The van der Waals surface area contributed by atoms with Gasteiger partial charge < -0.3 is 5.73 Å². The SMILES string of the molecule is Cc1c(C#N)c(N)n(-c2ccc(I)c(Br)c2)c1C. The van der Waals surface area contributed by atoms with Gasteiger partial charge in [-0.1, -0.05) is 0 Å². The molecule has 0 fully saturated rings. The number of aromatic nitrogens is 1. The second-order valence-electron chi connectivity index (χ2n) is 4.02. The fourth-order valence-electron chi connectivity index (χ4n) is 1.93. The van der Waals surface area contributed by atoms with E-state index in [0.29, 0.717) is 11.4 Å². The summed E-state index contributed by atoms with van der Waals surface area (Å²) < 4.78 is 4.07. The van der Waals surface area contributed by atoms with Crippen LogP contribution in [0.1, 0.15) is 16.8 Å². The number of anilines is 1. The van der Waals surface area contributed by atoms with Crippen molar-refractivity contribution < 1.29 is 0 Å². The summed E-state index contributed by atoms with van der Waals surface area (Å²) in [6, 6.07) is 8.18.